The van der Waals surface area contributed by atoms with E-state index in [0.717, 1.165) is 37.2 Å². The van der Waals surface area contributed by atoms with Gasteiger partial charge in [0.15, 0.2) is 0 Å². The molecule has 2 amide bonds. The molecule has 0 unspecified atom stereocenters. The predicted octanol–water partition coefficient (Wildman–Crippen LogP) is 2.96. The van der Waals surface area contributed by atoms with Gasteiger partial charge in [0.2, 0.25) is 0 Å². The van der Waals surface area contributed by atoms with Gasteiger partial charge < -0.3 is 25.0 Å². The zero-order chi connectivity index (χ0) is 21.2. The Morgan fingerprint density at radius 3 is 2.47 bits per heavy atom. The van der Waals surface area contributed by atoms with Crippen LogP contribution in [0.15, 0.2) is 54.6 Å². The van der Waals surface area contributed by atoms with Gasteiger partial charge in [-0.05, 0) is 30.5 Å². The van der Waals surface area contributed by atoms with Crippen LogP contribution in [-0.4, -0.2) is 51.4 Å². The van der Waals surface area contributed by atoms with Crippen molar-refractivity contribution >= 4 is 17.7 Å². The van der Waals surface area contributed by atoms with Gasteiger partial charge in [0.1, 0.15) is 6.61 Å². The molecule has 2 N–H and O–H groups in total. The molecule has 3 rings (SSSR count). The molecule has 1 fully saturated rings. The lowest BCUT2D eigenvalue weighted by Gasteiger charge is -2.34. The molecule has 7 heteroatoms. The Kier molecular flexibility index (Phi) is 8.09. The van der Waals surface area contributed by atoms with E-state index in [9.17, 15) is 9.59 Å². The topological polar surface area (TPSA) is 79.9 Å². The van der Waals surface area contributed by atoms with Crippen LogP contribution in [0.3, 0.4) is 0 Å². The Morgan fingerprint density at radius 2 is 1.73 bits per heavy atom. The molecule has 0 saturated carbocycles. The van der Waals surface area contributed by atoms with E-state index in [-0.39, 0.29) is 18.6 Å². The Labute approximate surface area is 177 Å². The van der Waals surface area contributed by atoms with E-state index in [1.807, 2.05) is 54.6 Å². The molecule has 2 aromatic carbocycles. The Balaban J connectivity index is 1.48. The maximum absolute atomic E-state index is 12.5. The molecule has 0 aliphatic carbocycles. The fourth-order valence-electron chi connectivity index (χ4n) is 3.50. The molecule has 1 saturated heterocycles. The highest BCUT2D eigenvalue weighted by atomic mass is 16.5. The van der Waals surface area contributed by atoms with E-state index >= 15 is 0 Å². The van der Waals surface area contributed by atoms with Gasteiger partial charge in [-0.15, -0.1) is 0 Å². The maximum atomic E-state index is 12.5. The van der Waals surface area contributed by atoms with Gasteiger partial charge in [0.25, 0.3) is 5.91 Å². The molecule has 0 atom stereocenters. The van der Waals surface area contributed by atoms with Crippen LogP contribution < -0.4 is 15.5 Å². The van der Waals surface area contributed by atoms with Crippen molar-refractivity contribution in [2.24, 2.45) is 0 Å². The third-order valence-corrected chi connectivity index (χ3v) is 5.11. The number of nitrogens with one attached hydrogen (secondary N) is 2. The van der Waals surface area contributed by atoms with Crippen molar-refractivity contribution in [3.8, 4) is 0 Å². The molecule has 1 heterocycles. The number of carbonyl (C=O) groups excluding carboxylic acids is 2. The van der Waals surface area contributed by atoms with E-state index < -0.39 is 6.09 Å². The second-order valence-electron chi connectivity index (χ2n) is 7.23. The van der Waals surface area contributed by atoms with Crippen molar-refractivity contribution in [3.63, 3.8) is 0 Å². The number of rotatable bonds is 8. The first-order chi connectivity index (χ1) is 14.7. The van der Waals surface area contributed by atoms with Crippen LogP contribution in [0.25, 0.3) is 0 Å². The van der Waals surface area contributed by atoms with Crippen LogP contribution in [0.5, 0.6) is 0 Å². The summed E-state index contributed by atoms with van der Waals surface area (Å²) in [4.78, 5) is 26.8. The van der Waals surface area contributed by atoms with E-state index in [4.69, 9.17) is 9.47 Å². The number of methoxy groups -OCH3 is 1. The highest BCUT2D eigenvalue weighted by molar-refractivity contribution is 5.99. The first-order valence-electron chi connectivity index (χ1n) is 10.3. The van der Waals surface area contributed by atoms with E-state index in [1.165, 1.54) is 0 Å². The average Bonchev–Trinajstić information content (AvgIpc) is 2.79. The van der Waals surface area contributed by atoms with Crippen LogP contribution in [0, 0.1) is 0 Å². The fourth-order valence-corrected chi connectivity index (χ4v) is 3.50. The van der Waals surface area contributed by atoms with E-state index in [1.54, 1.807) is 7.11 Å². The molecule has 0 spiro atoms. The van der Waals surface area contributed by atoms with Crippen LogP contribution >= 0.6 is 0 Å². The number of piperidine rings is 1. The number of hydrogen-bond donors (Lipinski definition) is 2. The van der Waals surface area contributed by atoms with Gasteiger partial charge >= 0.3 is 6.09 Å². The monoisotopic (exact) mass is 411 g/mol. The number of amides is 2. The third-order valence-electron chi connectivity index (χ3n) is 5.11. The summed E-state index contributed by atoms with van der Waals surface area (Å²) < 4.78 is 10.3. The molecule has 7 nitrogen and oxygen atoms in total. The number of benzene rings is 2. The largest absolute Gasteiger partial charge is 0.445 e. The summed E-state index contributed by atoms with van der Waals surface area (Å²) in [7, 11) is 1.61. The lowest BCUT2D eigenvalue weighted by molar-refractivity contribution is 0.0937. The zero-order valence-corrected chi connectivity index (χ0v) is 17.3. The minimum Gasteiger partial charge on any atom is -0.445 e. The summed E-state index contributed by atoms with van der Waals surface area (Å²) in [6, 6.07) is 17.3. The molecule has 0 aromatic heterocycles. The SMILES string of the molecule is COCCNC(=O)c1ccccc1N1CCC(NC(=O)OCc2ccccc2)CC1. The molecule has 1 aliphatic heterocycles. The molecule has 0 bridgehead atoms. The van der Waals surface area contributed by atoms with Crippen molar-refractivity contribution in [3.05, 3.63) is 65.7 Å². The fraction of sp³-hybridized carbons (Fsp3) is 0.391. The molecule has 2 aromatic rings. The maximum Gasteiger partial charge on any atom is 0.407 e. The second kappa shape index (κ2) is 11.2. The minimum atomic E-state index is -0.393. The van der Waals surface area contributed by atoms with E-state index in [0.29, 0.717) is 18.7 Å². The Morgan fingerprint density at radius 1 is 1.03 bits per heavy atom. The summed E-state index contributed by atoms with van der Waals surface area (Å²) in [5.74, 6) is -0.104. The van der Waals surface area contributed by atoms with Crippen LogP contribution in [0.1, 0.15) is 28.8 Å². The highest BCUT2D eigenvalue weighted by Crippen LogP contribution is 2.24. The van der Waals surface area contributed by atoms with E-state index in [2.05, 4.69) is 15.5 Å². The number of carbonyl (C=O) groups is 2. The normalized spacial score (nSPS) is 14.2. The Hall–Kier alpha value is -3.06. The van der Waals surface area contributed by atoms with Gasteiger partial charge in [-0.2, -0.15) is 0 Å². The summed E-state index contributed by atoms with van der Waals surface area (Å²) in [6.45, 7) is 2.72. The van der Waals surface area contributed by atoms with Crippen LogP contribution in [-0.2, 0) is 16.1 Å². The zero-order valence-electron chi connectivity index (χ0n) is 17.3. The van der Waals surface area contributed by atoms with Crippen molar-refractivity contribution in [1.29, 1.82) is 0 Å². The molecule has 0 radical (unpaired) electrons. The lowest BCUT2D eigenvalue weighted by Crippen LogP contribution is -2.45. The van der Waals surface area contributed by atoms with Crippen molar-refractivity contribution in [2.75, 3.05) is 38.3 Å². The Bertz CT molecular complexity index is 820. The van der Waals surface area contributed by atoms with Crippen molar-refractivity contribution in [2.45, 2.75) is 25.5 Å². The molecular formula is C23H29N3O4. The summed E-state index contributed by atoms with van der Waals surface area (Å²) in [5, 5.41) is 5.83. The van der Waals surface area contributed by atoms with Crippen molar-refractivity contribution in [1.82, 2.24) is 10.6 Å². The first kappa shape index (κ1) is 21.6. The summed E-state index contributed by atoms with van der Waals surface area (Å²) >= 11 is 0. The smallest absolute Gasteiger partial charge is 0.407 e. The standard InChI is InChI=1S/C23H29N3O4/c1-29-16-13-24-22(27)20-9-5-6-10-21(20)26-14-11-19(12-15-26)25-23(28)30-17-18-7-3-2-4-8-18/h2-10,19H,11-17H2,1H3,(H,24,27)(H,25,28). The number of ether oxygens (including phenoxy) is 2. The lowest BCUT2D eigenvalue weighted by atomic mass is 10.0. The number of alkyl carbamates (subject to hydrolysis) is 1. The van der Waals surface area contributed by atoms with Gasteiger partial charge in [-0.1, -0.05) is 42.5 Å². The number of para-hydroxylation sites is 1. The van der Waals surface area contributed by atoms with Crippen molar-refractivity contribution < 1.29 is 19.1 Å². The summed E-state index contributed by atoms with van der Waals surface area (Å²) in [6.07, 6.45) is 1.19. The number of nitrogens with zero attached hydrogens (tertiary/aromatic N) is 1. The van der Waals surface area contributed by atoms with Gasteiger partial charge in [0, 0.05) is 38.5 Å². The third kappa shape index (κ3) is 6.22. The minimum absolute atomic E-state index is 0.0622. The van der Waals surface area contributed by atoms with Gasteiger partial charge in [-0.3, -0.25) is 4.79 Å². The second-order valence-corrected chi connectivity index (χ2v) is 7.23. The average molecular weight is 412 g/mol. The van der Waals surface area contributed by atoms with Crippen LogP contribution in [0.4, 0.5) is 10.5 Å². The quantitative estimate of drug-likeness (QED) is 0.653. The first-order valence-corrected chi connectivity index (χ1v) is 10.3. The van der Waals surface area contributed by atoms with Crippen LogP contribution in [0.2, 0.25) is 0 Å². The molecule has 160 valence electrons. The molecule has 30 heavy (non-hydrogen) atoms. The highest BCUT2D eigenvalue weighted by Gasteiger charge is 2.24. The number of hydrogen-bond acceptors (Lipinski definition) is 5. The van der Waals surface area contributed by atoms with Gasteiger partial charge in [0.05, 0.1) is 12.2 Å². The van der Waals surface area contributed by atoms with Gasteiger partial charge in [-0.25, -0.2) is 4.79 Å². The molecular weight excluding hydrogens is 382 g/mol. The molecule has 1 aliphatic rings. The summed E-state index contributed by atoms with van der Waals surface area (Å²) in [5.41, 5.74) is 2.53. The number of anilines is 1. The predicted molar refractivity (Wildman–Crippen MR) is 116 cm³/mol.